The Morgan fingerprint density at radius 1 is 1.14 bits per heavy atom. The van der Waals surface area contributed by atoms with E-state index in [-0.39, 0.29) is 5.41 Å². The molecule has 1 N–H and O–H groups in total. The predicted octanol–water partition coefficient (Wildman–Crippen LogP) is 3.76. The van der Waals surface area contributed by atoms with Gasteiger partial charge in [-0.3, -0.25) is 0 Å². The zero-order valence-electron chi connectivity index (χ0n) is 9.89. The Balaban J connectivity index is 2.56. The van der Waals surface area contributed by atoms with Gasteiger partial charge in [0.2, 0.25) is 0 Å². The van der Waals surface area contributed by atoms with Gasteiger partial charge < -0.3 is 5.11 Å². The minimum Gasteiger partial charge on any atom is -0.396 e. The van der Waals surface area contributed by atoms with Gasteiger partial charge in [-0.25, -0.2) is 0 Å². The highest BCUT2D eigenvalue weighted by molar-refractivity contribution is 4.83. The predicted molar refractivity (Wildman–Crippen MR) is 61.3 cm³/mol. The summed E-state index contributed by atoms with van der Waals surface area (Å²) in [7, 11) is 0. The Kier molecular flexibility index (Phi) is 4.94. The Hall–Kier alpha value is -0.0400. The van der Waals surface area contributed by atoms with E-state index in [1.54, 1.807) is 0 Å². The van der Waals surface area contributed by atoms with Crippen LogP contribution in [0.3, 0.4) is 0 Å². The molecule has 0 aromatic carbocycles. The van der Waals surface area contributed by atoms with Gasteiger partial charge in [0.05, 0.1) is 0 Å². The van der Waals surface area contributed by atoms with Crippen molar-refractivity contribution in [1.29, 1.82) is 0 Å². The summed E-state index contributed by atoms with van der Waals surface area (Å²) in [5.41, 5.74) is 0.207. The first kappa shape index (κ1) is 12.0. The van der Waals surface area contributed by atoms with Crippen molar-refractivity contribution in [2.24, 2.45) is 11.3 Å². The van der Waals surface area contributed by atoms with Crippen molar-refractivity contribution in [3.8, 4) is 0 Å². The van der Waals surface area contributed by atoms with Crippen LogP contribution in [0.4, 0.5) is 0 Å². The molecular weight excluding hydrogens is 172 g/mol. The maximum absolute atomic E-state index is 9.56. The van der Waals surface area contributed by atoms with Crippen molar-refractivity contribution in [3.63, 3.8) is 0 Å². The van der Waals surface area contributed by atoms with E-state index in [1.165, 1.54) is 51.4 Å². The molecule has 0 radical (unpaired) electrons. The number of rotatable bonds is 4. The van der Waals surface area contributed by atoms with Gasteiger partial charge in [0.1, 0.15) is 0 Å². The Morgan fingerprint density at radius 2 is 1.71 bits per heavy atom. The fourth-order valence-corrected chi connectivity index (χ4v) is 2.96. The van der Waals surface area contributed by atoms with E-state index in [4.69, 9.17) is 0 Å². The van der Waals surface area contributed by atoms with E-state index >= 15 is 0 Å². The van der Waals surface area contributed by atoms with Gasteiger partial charge in [-0.05, 0) is 30.6 Å². The average Bonchev–Trinajstić information content (AvgIpc) is 2.46. The van der Waals surface area contributed by atoms with E-state index in [2.05, 4.69) is 13.8 Å². The molecule has 0 bridgehead atoms. The summed E-state index contributed by atoms with van der Waals surface area (Å²) < 4.78 is 0. The Bertz CT molecular complexity index is 147. The van der Waals surface area contributed by atoms with Crippen molar-refractivity contribution < 1.29 is 5.11 Å². The lowest BCUT2D eigenvalue weighted by Crippen LogP contribution is -2.31. The third-order valence-electron chi connectivity index (χ3n) is 4.02. The fourth-order valence-electron chi connectivity index (χ4n) is 2.96. The van der Waals surface area contributed by atoms with Gasteiger partial charge in [0.15, 0.2) is 0 Å². The molecule has 0 aliphatic heterocycles. The Morgan fingerprint density at radius 3 is 2.14 bits per heavy atom. The summed E-state index contributed by atoms with van der Waals surface area (Å²) in [5, 5.41) is 9.56. The first-order valence-corrected chi connectivity index (χ1v) is 6.34. The normalized spacial score (nSPS) is 24.2. The van der Waals surface area contributed by atoms with E-state index in [0.29, 0.717) is 6.61 Å². The molecule has 0 spiro atoms. The molecule has 0 heterocycles. The summed E-state index contributed by atoms with van der Waals surface area (Å²) in [6, 6.07) is 0. The molecule has 1 heteroatoms. The highest BCUT2D eigenvalue weighted by Gasteiger charge is 2.32. The van der Waals surface area contributed by atoms with Gasteiger partial charge in [-0.15, -0.1) is 0 Å². The van der Waals surface area contributed by atoms with Crippen molar-refractivity contribution in [2.45, 2.75) is 65.2 Å². The maximum Gasteiger partial charge on any atom is 0.0487 e. The van der Waals surface area contributed by atoms with Crippen molar-refractivity contribution in [3.05, 3.63) is 0 Å². The fraction of sp³-hybridized carbons (Fsp3) is 1.00. The maximum atomic E-state index is 9.56. The standard InChI is InChI=1S/C13H26O/c1-3-10-13(2,11-14)12-8-6-4-5-7-9-12/h12,14H,3-11H2,1-2H3. The third kappa shape index (κ3) is 2.98. The van der Waals surface area contributed by atoms with E-state index in [1.807, 2.05) is 0 Å². The lowest BCUT2D eigenvalue weighted by molar-refractivity contribution is 0.0596. The van der Waals surface area contributed by atoms with Crippen LogP contribution in [0.1, 0.15) is 65.2 Å². The SMILES string of the molecule is CCCC(C)(CO)C1CCCCCC1. The van der Waals surface area contributed by atoms with Crippen LogP contribution in [0.5, 0.6) is 0 Å². The second kappa shape index (κ2) is 5.75. The molecule has 1 aliphatic carbocycles. The quantitative estimate of drug-likeness (QED) is 0.682. The van der Waals surface area contributed by atoms with Crippen molar-refractivity contribution >= 4 is 0 Å². The molecular formula is C13H26O. The molecule has 0 aromatic heterocycles. The van der Waals surface area contributed by atoms with E-state index < -0.39 is 0 Å². The molecule has 1 atom stereocenters. The summed E-state index contributed by atoms with van der Waals surface area (Å²) in [6.45, 7) is 4.89. The van der Waals surface area contributed by atoms with Crippen LogP contribution in [0.15, 0.2) is 0 Å². The molecule has 0 saturated heterocycles. The Labute approximate surface area is 88.9 Å². The minimum atomic E-state index is 0.207. The van der Waals surface area contributed by atoms with Crippen LogP contribution < -0.4 is 0 Å². The van der Waals surface area contributed by atoms with Crippen LogP contribution in [-0.4, -0.2) is 11.7 Å². The second-order valence-corrected chi connectivity index (χ2v) is 5.25. The zero-order chi connectivity index (χ0) is 10.4. The van der Waals surface area contributed by atoms with Crippen LogP contribution in [0.25, 0.3) is 0 Å². The second-order valence-electron chi connectivity index (χ2n) is 5.25. The number of hydrogen-bond acceptors (Lipinski definition) is 1. The lowest BCUT2D eigenvalue weighted by atomic mass is 9.71. The van der Waals surface area contributed by atoms with Crippen LogP contribution in [-0.2, 0) is 0 Å². The number of aliphatic hydroxyl groups is 1. The third-order valence-corrected chi connectivity index (χ3v) is 4.02. The van der Waals surface area contributed by atoms with Crippen LogP contribution >= 0.6 is 0 Å². The molecule has 0 amide bonds. The first-order chi connectivity index (χ1) is 6.73. The smallest absolute Gasteiger partial charge is 0.0487 e. The molecule has 1 nitrogen and oxygen atoms in total. The molecule has 0 aromatic rings. The molecule has 84 valence electrons. The highest BCUT2D eigenvalue weighted by atomic mass is 16.3. The molecule has 1 saturated carbocycles. The average molecular weight is 198 g/mol. The van der Waals surface area contributed by atoms with Crippen molar-refractivity contribution in [2.75, 3.05) is 6.61 Å². The lowest BCUT2D eigenvalue weighted by Gasteiger charge is -2.35. The van der Waals surface area contributed by atoms with Gasteiger partial charge in [0, 0.05) is 6.61 Å². The number of aliphatic hydroxyl groups excluding tert-OH is 1. The summed E-state index contributed by atoms with van der Waals surface area (Å²) in [5.74, 6) is 0.773. The van der Waals surface area contributed by atoms with Crippen LogP contribution in [0.2, 0.25) is 0 Å². The topological polar surface area (TPSA) is 20.2 Å². The van der Waals surface area contributed by atoms with E-state index in [0.717, 1.165) is 5.92 Å². The van der Waals surface area contributed by atoms with Gasteiger partial charge >= 0.3 is 0 Å². The van der Waals surface area contributed by atoms with E-state index in [9.17, 15) is 5.11 Å². The zero-order valence-corrected chi connectivity index (χ0v) is 9.89. The largest absolute Gasteiger partial charge is 0.396 e. The molecule has 1 unspecified atom stereocenters. The number of hydrogen-bond donors (Lipinski definition) is 1. The first-order valence-electron chi connectivity index (χ1n) is 6.34. The minimum absolute atomic E-state index is 0.207. The van der Waals surface area contributed by atoms with Gasteiger partial charge in [0.25, 0.3) is 0 Å². The summed E-state index contributed by atoms with van der Waals surface area (Å²) >= 11 is 0. The van der Waals surface area contributed by atoms with Crippen molar-refractivity contribution in [1.82, 2.24) is 0 Å². The van der Waals surface area contributed by atoms with Crippen LogP contribution in [0, 0.1) is 11.3 Å². The summed E-state index contributed by atoms with van der Waals surface area (Å²) in [4.78, 5) is 0. The highest BCUT2D eigenvalue weighted by Crippen LogP contribution is 2.40. The molecule has 1 rings (SSSR count). The molecule has 14 heavy (non-hydrogen) atoms. The summed E-state index contributed by atoms with van der Waals surface area (Å²) in [6.07, 6.45) is 10.7. The molecule has 1 fully saturated rings. The van der Waals surface area contributed by atoms with Gasteiger partial charge in [-0.2, -0.15) is 0 Å². The molecule has 1 aliphatic rings. The monoisotopic (exact) mass is 198 g/mol. The van der Waals surface area contributed by atoms with Gasteiger partial charge in [-0.1, -0.05) is 46.0 Å².